The molecule has 0 radical (unpaired) electrons. The van der Waals surface area contributed by atoms with Gasteiger partial charge in [0.05, 0.1) is 24.3 Å². The summed E-state index contributed by atoms with van der Waals surface area (Å²) < 4.78 is 0. The highest BCUT2D eigenvalue weighted by atomic mass is 32.1. The van der Waals surface area contributed by atoms with Crippen molar-refractivity contribution in [2.75, 3.05) is 6.61 Å². The normalized spacial score (nSPS) is 17.5. The van der Waals surface area contributed by atoms with Crippen LogP contribution in [0.3, 0.4) is 0 Å². The lowest BCUT2D eigenvalue weighted by molar-refractivity contribution is -0.165. The van der Waals surface area contributed by atoms with Crippen molar-refractivity contribution in [1.29, 1.82) is 0 Å². The van der Waals surface area contributed by atoms with Crippen molar-refractivity contribution in [3.63, 3.8) is 0 Å². The highest BCUT2D eigenvalue weighted by Gasteiger charge is 2.40. The number of rotatable bonds is 4. The first kappa shape index (κ1) is 14.9. The molecule has 1 aliphatic rings. The van der Waals surface area contributed by atoms with E-state index in [0.717, 1.165) is 16.1 Å². The van der Waals surface area contributed by atoms with Gasteiger partial charge in [-0.2, -0.15) is 0 Å². The molecule has 0 unspecified atom stereocenters. The molecule has 1 aromatic heterocycles. The smallest absolute Gasteiger partial charge is 0.254 e. The number of carbonyl (C=O) groups is 1. The summed E-state index contributed by atoms with van der Waals surface area (Å²) in [6.45, 7) is 4.71. The van der Waals surface area contributed by atoms with E-state index in [4.69, 9.17) is 4.84 Å². The lowest BCUT2D eigenvalue weighted by atomic mass is 9.95. The Labute approximate surface area is 134 Å². The number of aliphatic imine (C=N–C) groups is 1. The van der Waals surface area contributed by atoms with Gasteiger partial charge in [-0.25, -0.2) is 5.06 Å². The fourth-order valence-corrected chi connectivity index (χ4v) is 2.76. The lowest BCUT2D eigenvalue weighted by Gasteiger charge is -2.16. The monoisotopic (exact) mass is 314 g/mol. The molecule has 2 aromatic rings. The number of thiophene rings is 1. The zero-order valence-corrected chi connectivity index (χ0v) is 13.5. The Balaban J connectivity index is 1.64. The van der Waals surface area contributed by atoms with Gasteiger partial charge in [-0.05, 0) is 43.0 Å². The van der Waals surface area contributed by atoms with Gasteiger partial charge >= 0.3 is 0 Å². The molecule has 22 heavy (non-hydrogen) atoms. The maximum absolute atomic E-state index is 12.1. The van der Waals surface area contributed by atoms with E-state index in [1.165, 1.54) is 5.06 Å². The number of carbonyl (C=O) groups excluding carboxylic acids is 1. The van der Waals surface area contributed by atoms with Crippen molar-refractivity contribution in [1.82, 2.24) is 5.06 Å². The molecular weight excluding hydrogens is 296 g/mol. The molecule has 0 bridgehead atoms. The average Bonchev–Trinajstić information content (AvgIpc) is 3.11. The van der Waals surface area contributed by atoms with Gasteiger partial charge in [0.1, 0.15) is 0 Å². The second kappa shape index (κ2) is 6.02. The van der Waals surface area contributed by atoms with Gasteiger partial charge in [-0.1, -0.05) is 18.2 Å². The maximum atomic E-state index is 12.1. The fraction of sp³-hybridized carbons (Fsp3) is 0.294. The Bertz CT molecular complexity index is 675. The van der Waals surface area contributed by atoms with Gasteiger partial charge in [-0.15, -0.1) is 11.3 Å². The molecule has 4 nitrogen and oxygen atoms in total. The van der Waals surface area contributed by atoms with Crippen molar-refractivity contribution in [3.05, 3.63) is 52.2 Å². The fourth-order valence-electron chi connectivity index (χ4n) is 2.17. The molecule has 1 aliphatic heterocycles. The summed E-state index contributed by atoms with van der Waals surface area (Å²) in [5, 5.41) is 3.48. The minimum absolute atomic E-state index is 0.0345. The zero-order chi connectivity index (χ0) is 15.6. The molecule has 5 heteroatoms. The highest BCUT2D eigenvalue weighted by molar-refractivity contribution is 7.11. The molecule has 1 saturated heterocycles. The van der Waals surface area contributed by atoms with E-state index in [0.29, 0.717) is 13.2 Å². The van der Waals surface area contributed by atoms with E-state index in [9.17, 15) is 4.79 Å². The maximum Gasteiger partial charge on any atom is 0.254 e. The number of benzene rings is 1. The first-order chi connectivity index (χ1) is 10.5. The van der Waals surface area contributed by atoms with Crippen molar-refractivity contribution >= 4 is 29.1 Å². The second-order valence-electron chi connectivity index (χ2n) is 5.94. The van der Waals surface area contributed by atoms with Gasteiger partial charge in [0.25, 0.3) is 5.91 Å². The van der Waals surface area contributed by atoms with E-state index < -0.39 is 5.41 Å². The van der Waals surface area contributed by atoms with Gasteiger partial charge < -0.3 is 0 Å². The van der Waals surface area contributed by atoms with Crippen LogP contribution in [0.4, 0.5) is 5.69 Å². The number of hydroxylamine groups is 2. The van der Waals surface area contributed by atoms with Crippen LogP contribution in [0.5, 0.6) is 0 Å². The van der Waals surface area contributed by atoms with Crippen LogP contribution in [0.15, 0.2) is 46.8 Å². The zero-order valence-electron chi connectivity index (χ0n) is 12.7. The van der Waals surface area contributed by atoms with E-state index in [-0.39, 0.29) is 5.91 Å². The predicted octanol–water partition coefficient (Wildman–Crippen LogP) is 3.80. The largest absolute Gasteiger partial charge is 0.272 e. The van der Waals surface area contributed by atoms with Crippen LogP contribution in [-0.2, 0) is 16.2 Å². The van der Waals surface area contributed by atoms with Gasteiger partial charge in [0.2, 0.25) is 0 Å². The highest BCUT2D eigenvalue weighted by Crippen LogP contribution is 2.28. The summed E-state index contributed by atoms with van der Waals surface area (Å²) in [4.78, 5) is 23.1. The number of hydrogen-bond acceptors (Lipinski definition) is 4. The van der Waals surface area contributed by atoms with Crippen LogP contribution in [0.2, 0.25) is 0 Å². The second-order valence-corrected chi connectivity index (χ2v) is 6.92. The Morgan fingerprint density at radius 2 is 2.09 bits per heavy atom. The van der Waals surface area contributed by atoms with Gasteiger partial charge in [0.15, 0.2) is 0 Å². The summed E-state index contributed by atoms with van der Waals surface area (Å²) >= 11 is 1.66. The molecule has 0 saturated carbocycles. The van der Waals surface area contributed by atoms with Gasteiger partial charge in [-0.3, -0.25) is 14.6 Å². The first-order valence-electron chi connectivity index (χ1n) is 7.16. The van der Waals surface area contributed by atoms with E-state index in [1.807, 2.05) is 61.8 Å². The van der Waals surface area contributed by atoms with Crippen LogP contribution in [0.25, 0.3) is 0 Å². The van der Waals surface area contributed by atoms with E-state index >= 15 is 0 Å². The Morgan fingerprint density at radius 3 is 2.68 bits per heavy atom. The number of amides is 1. The van der Waals surface area contributed by atoms with Crippen molar-refractivity contribution in [2.45, 2.75) is 20.4 Å². The van der Waals surface area contributed by atoms with E-state index in [2.05, 4.69) is 4.99 Å². The molecular formula is C17H18N2O2S. The molecule has 0 aliphatic carbocycles. The van der Waals surface area contributed by atoms with Gasteiger partial charge in [0, 0.05) is 11.1 Å². The minimum atomic E-state index is -0.426. The summed E-state index contributed by atoms with van der Waals surface area (Å²) in [5.41, 5.74) is 1.50. The molecule has 1 amide bonds. The minimum Gasteiger partial charge on any atom is -0.272 e. The van der Waals surface area contributed by atoms with Crippen LogP contribution in [0, 0.1) is 5.41 Å². The predicted molar refractivity (Wildman–Crippen MR) is 88.3 cm³/mol. The third kappa shape index (κ3) is 3.26. The summed E-state index contributed by atoms with van der Waals surface area (Å²) in [7, 11) is 0. The van der Waals surface area contributed by atoms with Crippen molar-refractivity contribution in [3.8, 4) is 0 Å². The lowest BCUT2D eigenvalue weighted by Crippen LogP contribution is -2.30. The van der Waals surface area contributed by atoms with Crippen LogP contribution >= 0.6 is 11.3 Å². The van der Waals surface area contributed by atoms with Crippen molar-refractivity contribution in [2.24, 2.45) is 10.4 Å². The molecule has 2 heterocycles. The number of hydrogen-bond donors (Lipinski definition) is 0. The number of nitrogens with zero attached hydrogens (tertiary/aromatic N) is 2. The Morgan fingerprint density at radius 1 is 1.32 bits per heavy atom. The third-order valence-corrected chi connectivity index (χ3v) is 4.34. The van der Waals surface area contributed by atoms with Crippen LogP contribution in [0.1, 0.15) is 24.3 Å². The van der Waals surface area contributed by atoms with Crippen LogP contribution in [-0.4, -0.2) is 23.8 Å². The average molecular weight is 314 g/mol. The molecule has 0 N–H and O–H groups in total. The summed E-state index contributed by atoms with van der Waals surface area (Å²) in [6, 6.07) is 11.9. The molecule has 1 fully saturated rings. The van der Waals surface area contributed by atoms with E-state index in [1.54, 1.807) is 11.3 Å². The molecule has 114 valence electrons. The third-order valence-electron chi connectivity index (χ3n) is 3.53. The molecule has 0 spiro atoms. The molecule has 3 rings (SSSR count). The topological polar surface area (TPSA) is 41.9 Å². The van der Waals surface area contributed by atoms with Crippen molar-refractivity contribution < 1.29 is 9.63 Å². The standard InChI is InChI=1S/C17H18N2O2S/c1-17(2)12-21-19(16(17)20)11-13-5-7-14(8-6-13)18-10-15-4-3-9-22-15/h3-10H,11-12H2,1-2H3. The Kier molecular flexibility index (Phi) is 4.09. The quantitative estimate of drug-likeness (QED) is 0.806. The first-order valence-corrected chi connectivity index (χ1v) is 8.04. The summed E-state index contributed by atoms with van der Waals surface area (Å²) in [6.07, 6.45) is 1.86. The molecule has 1 aromatic carbocycles. The molecule has 0 atom stereocenters. The van der Waals surface area contributed by atoms with Crippen LogP contribution < -0.4 is 0 Å². The Hall–Kier alpha value is -1.98. The SMILES string of the molecule is CC1(C)CON(Cc2ccc(N=Cc3cccs3)cc2)C1=O. The summed E-state index contributed by atoms with van der Waals surface area (Å²) in [5.74, 6) is 0.0345.